The van der Waals surface area contributed by atoms with Gasteiger partial charge >= 0.3 is 18.2 Å². The van der Waals surface area contributed by atoms with Gasteiger partial charge in [0.1, 0.15) is 23.2 Å². The lowest BCUT2D eigenvalue weighted by Gasteiger charge is -2.43. The summed E-state index contributed by atoms with van der Waals surface area (Å²) in [5.74, 6) is -0.654. The van der Waals surface area contributed by atoms with Crippen molar-refractivity contribution in [3.63, 3.8) is 0 Å². The maximum Gasteiger partial charge on any atom is 0.412 e. The van der Waals surface area contributed by atoms with Crippen molar-refractivity contribution in [1.82, 2.24) is 0 Å². The maximum absolute atomic E-state index is 13.6. The molecule has 0 saturated carbocycles. The number of carbonyl (C=O) groups excluding carboxylic acids is 3. The maximum atomic E-state index is 13.6. The number of esters is 1. The van der Waals surface area contributed by atoms with Crippen LogP contribution >= 0.6 is 0 Å². The molecule has 43 heavy (non-hydrogen) atoms. The Morgan fingerprint density at radius 3 is 1.67 bits per heavy atom. The van der Waals surface area contributed by atoms with E-state index >= 15 is 0 Å². The van der Waals surface area contributed by atoms with Crippen LogP contribution in [0.4, 0.5) is 21.0 Å². The van der Waals surface area contributed by atoms with Crippen molar-refractivity contribution in [2.75, 3.05) is 38.6 Å². The van der Waals surface area contributed by atoms with Gasteiger partial charge in [-0.05, 0) is 36.4 Å². The Morgan fingerprint density at radius 1 is 0.698 bits per heavy atom. The summed E-state index contributed by atoms with van der Waals surface area (Å²) in [7, 11) is 4.01. The molecule has 2 amide bonds. The van der Waals surface area contributed by atoms with E-state index in [4.69, 9.17) is 33.2 Å². The predicted molar refractivity (Wildman–Crippen MR) is 152 cm³/mol. The van der Waals surface area contributed by atoms with Crippen molar-refractivity contribution in [3.05, 3.63) is 84.4 Å². The molecular formula is C30H32N2O11. The minimum atomic E-state index is -1.52. The van der Waals surface area contributed by atoms with Crippen molar-refractivity contribution in [1.29, 1.82) is 0 Å². The molecule has 3 N–H and O–H groups in total. The van der Waals surface area contributed by atoms with Gasteiger partial charge in [0.05, 0.1) is 20.8 Å². The van der Waals surface area contributed by atoms with E-state index in [1.54, 1.807) is 66.7 Å². The Hall–Kier alpha value is -4.85. The van der Waals surface area contributed by atoms with Gasteiger partial charge in [0.2, 0.25) is 0 Å². The van der Waals surface area contributed by atoms with E-state index in [9.17, 15) is 19.5 Å². The number of carbonyl (C=O) groups is 3. The summed E-state index contributed by atoms with van der Waals surface area (Å²) in [5.41, 5.74) is 0.773. The highest BCUT2D eigenvalue weighted by Crippen LogP contribution is 2.33. The average molecular weight is 597 g/mol. The summed E-state index contributed by atoms with van der Waals surface area (Å²) in [6.45, 7) is -0.677. The Labute approximate surface area is 247 Å². The first-order chi connectivity index (χ1) is 20.9. The Balaban J connectivity index is 1.68. The van der Waals surface area contributed by atoms with Crippen molar-refractivity contribution in [2.24, 2.45) is 0 Å². The summed E-state index contributed by atoms with van der Waals surface area (Å²) >= 11 is 0. The number of hydrogen-bond acceptors (Lipinski definition) is 11. The molecule has 5 atom stereocenters. The molecule has 1 fully saturated rings. The van der Waals surface area contributed by atoms with Crippen LogP contribution in [0.15, 0.2) is 78.9 Å². The zero-order valence-corrected chi connectivity index (χ0v) is 23.6. The second-order valence-electron chi connectivity index (χ2n) is 9.09. The summed E-state index contributed by atoms with van der Waals surface area (Å²) in [5, 5.41) is 15.3. The van der Waals surface area contributed by atoms with E-state index in [-0.39, 0.29) is 17.1 Å². The second-order valence-corrected chi connectivity index (χ2v) is 9.09. The molecule has 0 radical (unpaired) electrons. The summed E-state index contributed by atoms with van der Waals surface area (Å²) < 4.78 is 39.0. The molecule has 0 spiro atoms. The Morgan fingerprint density at radius 2 is 1.21 bits per heavy atom. The smallest absolute Gasteiger partial charge is 0.412 e. The monoisotopic (exact) mass is 596 g/mol. The third-order valence-corrected chi connectivity index (χ3v) is 6.41. The summed E-state index contributed by atoms with van der Waals surface area (Å²) in [4.78, 5) is 39.6. The fourth-order valence-electron chi connectivity index (χ4n) is 4.44. The molecule has 0 aromatic heterocycles. The number of hydrogen-bond donors (Lipinski definition) is 3. The lowest BCUT2D eigenvalue weighted by molar-refractivity contribution is -0.290. The number of aliphatic hydroxyl groups is 1. The van der Waals surface area contributed by atoms with Gasteiger partial charge in [-0.25, -0.2) is 14.4 Å². The second kappa shape index (κ2) is 14.9. The topological polar surface area (TPSA) is 160 Å². The van der Waals surface area contributed by atoms with Crippen molar-refractivity contribution in [3.8, 4) is 11.5 Å². The van der Waals surface area contributed by atoms with Crippen LogP contribution in [0.2, 0.25) is 0 Å². The highest BCUT2D eigenvalue weighted by Gasteiger charge is 2.53. The van der Waals surface area contributed by atoms with E-state index < -0.39 is 55.5 Å². The Bertz CT molecular complexity index is 1350. The van der Waals surface area contributed by atoms with Crippen LogP contribution in [-0.2, 0) is 23.7 Å². The van der Waals surface area contributed by atoms with E-state index in [0.717, 1.165) is 0 Å². The lowest BCUT2D eigenvalue weighted by atomic mass is 9.98. The molecule has 3 aromatic carbocycles. The standard InChI is InChI=1S/C30H32N2O11/c1-37-20-15-10-16-21(38-2)23(20)27(34)41-24-22(17-33)40-28(39-3)26(43-30(36)32-19-13-8-5-9-14-19)25(24)42-29(35)31-18-11-6-4-7-12-18/h4-16,22,24-26,28,33H,17H2,1-3H3,(H,31,35)(H,32,36)/t22-,24-,25+,26+,28+/m1/s1. The van der Waals surface area contributed by atoms with E-state index in [0.29, 0.717) is 11.4 Å². The number of aliphatic hydroxyl groups excluding tert-OH is 1. The number of amides is 2. The summed E-state index contributed by atoms with van der Waals surface area (Å²) in [6, 6.07) is 21.6. The fourth-order valence-corrected chi connectivity index (χ4v) is 4.44. The van der Waals surface area contributed by atoms with Crippen LogP contribution in [0.1, 0.15) is 10.4 Å². The minimum Gasteiger partial charge on any atom is -0.496 e. The number of nitrogens with one attached hydrogen (secondary N) is 2. The Kier molecular flexibility index (Phi) is 10.7. The molecule has 1 saturated heterocycles. The fraction of sp³-hybridized carbons (Fsp3) is 0.300. The molecule has 4 rings (SSSR count). The molecule has 0 aliphatic carbocycles. The number of methoxy groups -OCH3 is 3. The molecule has 0 bridgehead atoms. The van der Waals surface area contributed by atoms with Gasteiger partial charge in [-0.15, -0.1) is 0 Å². The van der Waals surface area contributed by atoms with Gasteiger partial charge in [-0.2, -0.15) is 0 Å². The lowest BCUT2D eigenvalue weighted by Crippen LogP contribution is -2.63. The molecule has 228 valence electrons. The van der Waals surface area contributed by atoms with Gasteiger partial charge in [0.15, 0.2) is 24.6 Å². The van der Waals surface area contributed by atoms with Crippen LogP contribution in [0.5, 0.6) is 11.5 Å². The predicted octanol–water partition coefficient (Wildman–Crippen LogP) is 3.83. The average Bonchev–Trinajstić information content (AvgIpc) is 3.02. The molecule has 1 aliphatic rings. The largest absolute Gasteiger partial charge is 0.496 e. The van der Waals surface area contributed by atoms with Gasteiger partial charge in [-0.3, -0.25) is 10.6 Å². The number of rotatable bonds is 10. The van der Waals surface area contributed by atoms with E-state index in [1.165, 1.54) is 33.5 Å². The van der Waals surface area contributed by atoms with Crippen LogP contribution in [-0.4, -0.2) is 81.9 Å². The minimum absolute atomic E-state index is 0.0650. The van der Waals surface area contributed by atoms with Gasteiger partial charge in [0.25, 0.3) is 0 Å². The van der Waals surface area contributed by atoms with Gasteiger partial charge < -0.3 is 38.3 Å². The normalized spacial score (nSPS) is 21.2. The number of anilines is 2. The van der Waals surface area contributed by atoms with Gasteiger partial charge in [-0.1, -0.05) is 42.5 Å². The SMILES string of the molecule is COc1cccc(OC)c1C(=O)O[C@H]1[C@H](OC(=O)Nc2ccccc2)[C@H](OC(=O)Nc2ccccc2)[C@@H](OC)O[C@@H]1CO. The van der Waals surface area contributed by atoms with Crippen LogP contribution < -0.4 is 20.1 Å². The van der Waals surface area contributed by atoms with Crippen molar-refractivity contribution >= 4 is 29.5 Å². The van der Waals surface area contributed by atoms with Gasteiger partial charge in [0, 0.05) is 18.5 Å². The first kappa shape index (κ1) is 31.1. The molecule has 13 heteroatoms. The van der Waals surface area contributed by atoms with E-state index in [2.05, 4.69) is 10.6 Å². The first-order valence-electron chi connectivity index (χ1n) is 13.1. The number of benzene rings is 3. The summed E-state index contributed by atoms with van der Waals surface area (Å²) in [6.07, 6.45) is -8.96. The zero-order valence-electron chi connectivity index (χ0n) is 23.6. The van der Waals surface area contributed by atoms with Crippen LogP contribution in [0, 0.1) is 0 Å². The molecular weight excluding hydrogens is 564 g/mol. The highest BCUT2D eigenvalue weighted by molar-refractivity contribution is 5.96. The van der Waals surface area contributed by atoms with Crippen molar-refractivity contribution in [2.45, 2.75) is 30.7 Å². The molecule has 0 unspecified atom stereocenters. The third kappa shape index (κ3) is 7.71. The molecule has 1 heterocycles. The first-order valence-corrected chi connectivity index (χ1v) is 13.1. The van der Waals surface area contributed by atoms with Crippen LogP contribution in [0.3, 0.4) is 0 Å². The highest BCUT2D eigenvalue weighted by atomic mass is 16.7. The van der Waals surface area contributed by atoms with Crippen LogP contribution in [0.25, 0.3) is 0 Å². The van der Waals surface area contributed by atoms with E-state index in [1.807, 2.05) is 0 Å². The molecule has 1 aliphatic heterocycles. The zero-order chi connectivity index (χ0) is 30.8. The number of ether oxygens (including phenoxy) is 7. The number of para-hydroxylation sites is 2. The molecule has 3 aromatic rings. The quantitative estimate of drug-likeness (QED) is 0.231. The van der Waals surface area contributed by atoms with Crippen molar-refractivity contribution < 1.29 is 52.6 Å². The third-order valence-electron chi connectivity index (χ3n) is 6.41. The molecule has 13 nitrogen and oxygen atoms in total.